The number of rotatable bonds is 6. The normalized spacial score (nSPS) is 19.6. The Kier molecular flexibility index (Phi) is 7.07. The van der Waals surface area contributed by atoms with Gasteiger partial charge < -0.3 is 9.42 Å². The summed E-state index contributed by atoms with van der Waals surface area (Å²) >= 11 is 0. The van der Waals surface area contributed by atoms with Crippen LogP contribution in [0, 0.1) is 17.6 Å². The van der Waals surface area contributed by atoms with Gasteiger partial charge in [0, 0.05) is 44.9 Å². The summed E-state index contributed by atoms with van der Waals surface area (Å²) in [5.41, 5.74) is 0.112. The monoisotopic (exact) mass is 460 g/mol. The minimum Gasteiger partial charge on any atom is -0.355 e. The average Bonchev–Trinajstić information content (AvgIpc) is 3.51. The highest BCUT2D eigenvalue weighted by Crippen LogP contribution is 2.31. The Balaban J connectivity index is 1.58. The maximum Gasteiger partial charge on any atom is 0.290 e. The summed E-state index contributed by atoms with van der Waals surface area (Å²) in [6, 6.07) is 4.59. The van der Waals surface area contributed by atoms with Gasteiger partial charge in [-0.15, -0.1) is 0 Å². The number of nitrogens with zero attached hydrogens (tertiary/aromatic N) is 4. The quantitative estimate of drug-likeness (QED) is 0.649. The first-order valence-electron chi connectivity index (χ1n) is 11.6. The van der Waals surface area contributed by atoms with Crippen molar-refractivity contribution in [2.24, 2.45) is 5.92 Å². The van der Waals surface area contributed by atoms with E-state index in [9.17, 15) is 18.4 Å². The van der Waals surface area contributed by atoms with Crippen molar-refractivity contribution in [1.82, 2.24) is 20.1 Å². The molecule has 2 aromatic rings. The summed E-state index contributed by atoms with van der Waals surface area (Å²) in [6.45, 7) is 3.74. The van der Waals surface area contributed by atoms with Crippen molar-refractivity contribution < 1.29 is 22.9 Å². The van der Waals surface area contributed by atoms with Crippen LogP contribution in [0.25, 0.3) is 11.3 Å². The van der Waals surface area contributed by atoms with Crippen LogP contribution in [-0.2, 0) is 4.79 Å². The van der Waals surface area contributed by atoms with E-state index in [1.165, 1.54) is 12.1 Å². The molecule has 0 unspecified atom stereocenters. The van der Waals surface area contributed by atoms with Gasteiger partial charge in [-0.3, -0.25) is 14.6 Å². The third kappa shape index (κ3) is 4.93. The summed E-state index contributed by atoms with van der Waals surface area (Å²) < 4.78 is 32.7. The molecule has 1 saturated carbocycles. The van der Waals surface area contributed by atoms with Crippen LogP contribution in [0.2, 0.25) is 0 Å². The molecule has 4 rings (SSSR count). The lowest BCUT2D eigenvalue weighted by molar-refractivity contribution is -0.139. The number of amides is 2. The Labute approximate surface area is 192 Å². The van der Waals surface area contributed by atoms with Crippen molar-refractivity contribution in [3.63, 3.8) is 0 Å². The molecule has 178 valence electrons. The maximum atomic E-state index is 14.2. The van der Waals surface area contributed by atoms with E-state index in [1.807, 2.05) is 11.9 Å². The van der Waals surface area contributed by atoms with Crippen molar-refractivity contribution in [3.05, 3.63) is 41.6 Å². The zero-order valence-electron chi connectivity index (χ0n) is 19.1. The SMILES string of the molecule is CCN(C)C(=O)[C@@H]1CCCN(N(C(=O)c2cc(-c3ccc(F)cc3F)on2)C2CCCC2)C1. The van der Waals surface area contributed by atoms with Crippen LogP contribution in [0.15, 0.2) is 28.8 Å². The highest BCUT2D eigenvalue weighted by molar-refractivity contribution is 5.93. The topological polar surface area (TPSA) is 69.9 Å². The number of hydrazine groups is 1. The first-order chi connectivity index (χ1) is 15.9. The largest absolute Gasteiger partial charge is 0.355 e. The Bertz CT molecular complexity index is 1010. The molecule has 0 spiro atoms. The predicted molar refractivity (Wildman–Crippen MR) is 118 cm³/mol. The fraction of sp³-hybridized carbons (Fsp3) is 0.542. The van der Waals surface area contributed by atoms with Crippen molar-refractivity contribution in [2.75, 3.05) is 26.7 Å². The van der Waals surface area contributed by atoms with Crippen LogP contribution in [0.5, 0.6) is 0 Å². The van der Waals surface area contributed by atoms with Crippen molar-refractivity contribution in [3.8, 4) is 11.3 Å². The molecule has 2 aliphatic rings. The lowest BCUT2D eigenvalue weighted by Crippen LogP contribution is -2.56. The molecule has 1 aliphatic heterocycles. The van der Waals surface area contributed by atoms with Gasteiger partial charge in [0.05, 0.1) is 11.5 Å². The van der Waals surface area contributed by atoms with Gasteiger partial charge in [-0.25, -0.2) is 13.8 Å². The maximum absolute atomic E-state index is 14.2. The number of piperidine rings is 1. The van der Waals surface area contributed by atoms with E-state index in [1.54, 1.807) is 17.0 Å². The molecular formula is C24H30F2N4O3. The molecule has 0 radical (unpaired) electrons. The molecule has 2 fully saturated rings. The molecular weight excluding hydrogens is 430 g/mol. The Morgan fingerprint density at radius 3 is 2.61 bits per heavy atom. The number of carbonyl (C=O) groups is 2. The summed E-state index contributed by atoms with van der Waals surface area (Å²) in [5.74, 6) is -1.80. The van der Waals surface area contributed by atoms with E-state index in [4.69, 9.17) is 4.52 Å². The minimum absolute atomic E-state index is 0.0259. The van der Waals surface area contributed by atoms with E-state index in [0.717, 1.165) is 50.7 Å². The molecule has 1 aromatic heterocycles. The van der Waals surface area contributed by atoms with Crippen LogP contribution in [0.4, 0.5) is 8.78 Å². The first-order valence-corrected chi connectivity index (χ1v) is 11.6. The summed E-state index contributed by atoms with van der Waals surface area (Å²) in [7, 11) is 1.80. The van der Waals surface area contributed by atoms with Crippen LogP contribution in [-0.4, -0.2) is 64.6 Å². The van der Waals surface area contributed by atoms with E-state index < -0.39 is 11.6 Å². The van der Waals surface area contributed by atoms with E-state index >= 15 is 0 Å². The standard InChI is InChI=1S/C24H30F2N4O3/c1-3-28(2)23(31)16-7-6-12-29(15-16)30(18-8-4-5-9-18)24(32)21-14-22(33-27-21)19-11-10-17(25)13-20(19)26/h10-11,13-14,16,18H,3-9,12,15H2,1-2H3/t16-/m1/s1. The lowest BCUT2D eigenvalue weighted by Gasteiger charge is -2.43. The number of aromatic nitrogens is 1. The van der Waals surface area contributed by atoms with Crippen LogP contribution in [0.3, 0.4) is 0 Å². The Hall–Kier alpha value is -2.81. The zero-order chi connectivity index (χ0) is 23.5. The minimum atomic E-state index is -0.782. The predicted octanol–water partition coefficient (Wildman–Crippen LogP) is 4.11. The van der Waals surface area contributed by atoms with E-state index in [0.29, 0.717) is 19.6 Å². The molecule has 0 bridgehead atoms. The van der Waals surface area contributed by atoms with Gasteiger partial charge in [-0.05, 0) is 44.7 Å². The van der Waals surface area contributed by atoms with Crippen molar-refractivity contribution in [2.45, 2.75) is 51.5 Å². The van der Waals surface area contributed by atoms with Crippen molar-refractivity contribution in [1.29, 1.82) is 0 Å². The van der Waals surface area contributed by atoms with Gasteiger partial charge in [-0.2, -0.15) is 0 Å². The second-order valence-corrected chi connectivity index (χ2v) is 8.89. The molecule has 1 aromatic carbocycles. The van der Waals surface area contributed by atoms with Gasteiger partial charge in [0.1, 0.15) is 11.6 Å². The summed E-state index contributed by atoms with van der Waals surface area (Å²) in [4.78, 5) is 28.1. The molecule has 1 saturated heterocycles. The lowest BCUT2D eigenvalue weighted by atomic mass is 9.97. The first kappa shape index (κ1) is 23.4. The molecule has 33 heavy (non-hydrogen) atoms. The van der Waals surface area contributed by atoms with Crippen molar-refractivity contribution >= 4 is 11.8 Å². The van der Waals surface area contributed by atoms with Crippen LogP contribution < -0.4 is 0 Å². The smallest absolute Gasteiger partial charge is 0.290 e. The van der Waals surface area contributed by atoms with E-state index in [2.05, 4.69) is 5.16 Å². The number of hydrogen-bond acceptors (Lipinski definition) is 5. The molecule has 7 nitrogen and oxygen atoms in total. The second kappa shape index (κ2) is 9.99. The fourth-order valence-electron chi connectivity index (χ4n) is 4.81. The molecule has 0 N–H and O–H groups in total. The third-order valence-corrected chi connectivity index (χ3v) is 6.71. The van der Waals surface area contributed by atoms with Gasteiger partial charge in [0.25, 0.3) is 5.91 Å². The zero-order valence-corrected chi connectivity index (χ0v) is 19.1. The summed E-state index contributed by atoms with van der Waals surface area (Å²) in [5, 5.41) is 7.65. The van der Waals surface area contributed by atoms with E-state index in [-0.39, 0.29) is 40.8 Å². The number of hydrogen-bond donors (Lipinski definition) is 0. The number of carbonyl (C=O) groups excluding carboxylic acids is 2. The Morgan fingerprint density at radius 2 is 1.91 bits per heavy atom. The van der Waals surface area contributed by atoms with Gasteiger partial charge in [0.15, 0.2) is 11.5 Å². The Morgan fingerprint density at radius 1 is 1.15 bits per heavy atom. The highest BCUT2D eigenvalue weighted by atomic mass is 19.1. The number of halogens is 2. The van der Waals surface area contributed by atoms with Gasteiger partial charge >= 0.3 is 0 Å². The molecule has 1 aliphatic carbocycles. The number of benzene rings is 1. The molecule has 2 heterocycles. The van der Waals surface area contributed by atoms with Gasteiger partial charge in [0.2, 0.25) is 5.91 Å². The molecule has 1 atom stereocenters. The average molecular weight is 461 g/mol. The third-order valence-electron chi connectivity index (χ3n) is 6.71. The fourth-order valence-corrected chi connectivity index (χ4v) is 4.81. The summed E-state index contributed by atoms with van der Waals surface area (Å²) in [6.07, 6.45) is 5.45. The van der Waals surface area contributed by atoms with Gasteiger partial charge in [-0.1, -0.05) is 18.0 Å². The van der Waals surface area contributed by atoms with Crippen LogP contribution >= 0.6 is 0 Å². The molecule has 2 amide bonds. The second-order valence-electron chi connectivity index (χ2n) is 8.89. The molecule has 9 heteroatoms. The highest BCUT2D eigenvalue weighted by Gasteiger charge is 2.38. The van der Waals surface area contributed by atoms with Crippen LogP contribution in [0.1, 0.15) is 55.9 Å².